The van der Waals surface area contributed by atoms with E-state index in [1.54, 1.807) is 6.92 Å². The van der Waals surface area contributed by atoms with Crippen LogP contribution in [0.2, 0.25) is 0 Å². The van der Waals surface area contributed by atoms with E-state index >= 15 is 0 Å². The van der Waals surface area contributed by atoms with Crippen molar-refractivity contribution >= 4 is 9.84 Å². The Balaban J connectivity index is 2.26. The first-order valence-electron chi connectivity index (χ1n) is 6.08. The van der Waals surface area contributed by atoms with Gasteiger partial charge in [-0.25, -0.2) is 8.42 Å². The molecule has 94 valence electrons. The van der Waals surface area contributed by atoms with Crippen LogP contribution in [0.5, 0.6) is 0 Å². The highest BCUT2D eigenvalue weighted by Crippen LogP contribution is 2.25. The minimum absolute atomic E-state index is 0.0698. The Morgan fingerprint density at radius 2 is 1.94 bits per heavy atom. The van der Waals surface area contributed by atoms with Crippen molar-refractivity contribution in [2.45, 2.75) is 31.6 Å². The first-order valence-corrected chi connectivity index (χ1v) is 7.80. The van der Waals surface area contributed by atoms with Crippen LogP contribution in [-0.2, 0) is 16.3 Å². The molecule has 1 aliphatic heterocycles. The Morgan fingerprint density at radius 1 is 1.29 bits per heavy atom. The highest BCUT2D eigenvalue weighted by molar-refractivity contribution is 7.92. The lowest BCUT2D eigenvalue weighted by Crippen LogP contribution is -2.45. The second-order valence-corrected chi connectivity index (χ2v) is 7.08. The standard InChI is InChI=1S/C13H19NO2S/c1-3-11-4-6-12(7-5-11)13-10(2)17(15,16)9-8-14-13/h4-7,10,13-14H,3,8-9H2,1-2H3. The van der Waals surface area contributed by atoms with E-state index in [1.165, 1.54) is 5.56 Å². The van der Waals surface area contributed by atoms with E-state index in [0.29, 0.717) is 6.54 Å². The number of benzene rings is 1. The van der Waals surface area contributed by atoms with Gasteiger partial charge in [-0.15, -0.1) is 0 Å². The summed E-state index contributed by atoms with van der Waals surface area (Å²) in [7, 11) is -2.94. The normalized spacial score (nSPS) is 27.9. The van der Waals surface area contributed by atoms with Crippen molar-refractivity contribution in [3.8, 4) is 0 Å². The number of aryl methyl sites for hydroxylation is 1. The Hall–Kier alpha value is -0.870. The van der Waals surface area contributed by atoms with Gasteiger partial charge in [-0.1, -0.05) is 31.2 Å². The SMILES string of the molecule is CCc1ccc(C2NCCS(=O)(=O)C2C)cc1. The molecule has 0 spiro atoms. The first kappa shape index (κ1) is 12.6. The molecule has 3 nitrogen and oxygen atoms in total. The fraction of sp³-hybridized carbons (Fsp3) is 0.538. The van der Waals surface area contributed by atoms with Gasteiger partial charge in [0.2, 0.25) is 0 Å². The molecule has 0 radical (unpaired) electrons. The molecule has 1 fully saturated rings. The minimum atomic E-state index is -2.94. The predicted octanol–water partition coefficient (Wildman–Crippen LogP) is 1.70. The van der Waals surface area contributed by atoms with E-state index in [9.17, 15) is 8.42 Å². The Labute approximate surface area is 103 Å². The molecule has 0 aliphatic carbocycles. The van der Waals surface area contributed by atoms with Gasteiger partial charge < -0.3 is 5.32 Å². The van der Waals surface area contributed by atoms with Crippen LogP contribution < -0.4 is 5.32 Å². The molecule has 0 amide bonds. The molecule has 1 N–H and O–H groups in total. The summed E-state index contributed by atoms with van der Waals surface area (Å²) in [5.74, 6) is 0.248. The third-order valence-corrected chi connectivity index (χ3v) is 5.71. The Bertz CT molecular complexity index is 479. The molecular weight excluding hydrogens is 234 g/mol. The van der Waals surface area contributed by atoms with E-state index in [0.717, 1.165) is 12.0 Å². The average molecular weight is 253 g/mol. The molecule has 2 rings (SSSR count). The van der Waals surface area contributed by atoms with Crippen LogP contribution >= 0.6 is 0 Å². The summed E-state index contributed by atoms with van der Waals surface area (Å²) in [5.41, 5.74) is 2.35. The summed E-state index contributed by atoms with van der Waals surface area (Å²) in [5, 5.41) is 2.96. The van der Waals surface area contributed by atoms with E-state index in [4.69, 9.17) is 0 Å². The smallest absolute Gasteiger partial charge is 0.156 e. The number of sulfone groups is 1. The highest BCUT2D eigenvalue weighted by atomic mass is 32.2. The van der Waals surface area contributed by atoms with Gasteiger partial charge in [0.05, 0.1) is 11.0 Å². The van der Waals surface area contributed by atoms with Gasteiger partial charge in [0, 0.05) is 12.6 Å². The molecule has 2 unspecified atom stereocenters. The molecule has 1 heterocycles. The van der Waals surface area contributed by atoms with E-state index in [1.807, 2.05) is 12.1 Å². The van der Waals surface area contributed by atoms with Crippen LogP contribution in [0, 0.1) is 0 Å². The van der Waals surface area contributed by atoms with Gasteiger partial charge in [-0.2, -0.15) is 0 Å². The third-order valence-electron chi connectivity index (χ3n) is 3.53. The van der Waals surface area contributed by atoms with Crippen LogP contribution in [-0.4, -0.2) is 26.0 Å². The van der Waals surface area contributed by atoms with Gasteiger partial charge in [-0.3, -0.25) is 0 Å². The number of hydrogen-bond donors (Lipinski definition) is 1. The van der Waals surface area contributed by atoms with Crippen molar-refractivity contribution in [2.24, 2.45) is 0 Å². The van der Waals surface area contributed by atoms with Crippen molar-refractivity contribution in [3.63, 3.8) is 0 Å². The largest absolute Gasteiger partial charge is 0.308 e. The van der Waals surface area contributed by atoms with Crippen molar-refractivity contribution in [1.29, 1.82) is 0 Å². The molecule has 0 bridgehead atoms. The molecule has 1 aromatic carbocycles. The minimum Gasteiger partial charge on any atom is -0.308 e. The summed E-state index contributed by atoms with van der Waals surface area (Å²) in [6.07, 6.45) is 1.01. The molecule has 1 aliphatic rings. The van der Waals surface area contributed by atoms with E-state index < -0.39 is 9.84 Å². The maximum atomic E-state index is 11.8. The maximum Gasteiger partial charge on any atom is 0.156 e. The second kappa shape index (κ2) is 4.78. The monoisotopic (exact) mass is 253 g/mol. The summed E-state index contributed by atoms with van der Waals surface area (Å²) in [6.45, 7) is 4.45. The van der Waals surface area contributed by atoms with Crippen molar-refractivity contribution in [3.05, 3.63) is 35.4 Å². The van der Waals surface area contributed by atoms with Gasteiger partial charge in [0.15, 0.2) is 9.84 Å². The zero-order chi connectivity index (χ0) is 12.5. The fourth-order valence-electron chi connectivity index (χ4n) is 2.27. The van der Waals surface area contributed by atoms with Gasteiger partial charge >= 0.3 is 0 Å². The molecule has 1 aromatic rings. The molecule has 0 aromatic heterocycles. The van der Waals surface area contributed by atoms with Crippen molar-refractivity contribution in [2.75, 3.05) is 12.3 Å². The third kappa shape index (κ3) is 2.53. The topological polar surface area (TPSA) is 46.2 Å². The van der Waals surface area contributed by atoms with Crippen LogP contribution in [0.4, 0.5) is 0 Å². The van der Waals surface area contributed by atoms with Crippen LogP contribution in [0.3, 0.4) is 0 Å². The number of nitrogens with one attached hydrogen (secondary N) is 1. The molecule has 2 atom stereocenters. The Kier molecular flexibility index (Phi) is 3.54. The predicted molar refractivity (Wildman–Crippen MR) is 69.8 cm³/mol. The molecule has 1 saturated heterocycles. The van der Waals surface area contributed by atoms with Crippen molar-refractivity contribution < 1.29 is 8.42 Å². The van der Waals surface area contributed by atoms with Crippen LogP contribution in [0.15, 0.2) is 24.3 Å². The lowest BCUT2D eigenvalue weighted by Gasteiger charge is -2.30. The maximum absolute atomic E-state index is 11.8. The quantitative estimate of drug-likeness (QED) is 0.872. The zero-order valence-electron chi connectivity index (χ0n) is 10.3. The Morgan fingerprint density at radius 3 is 2.53 bits per heavy atom. The van der Waals surface area contributed by atoms with Crippen LogP contribution in [0.1, 0.15) is 31.0 Å². The van der Waals surface area contributed by atoms with Gasteiger partial charge in [0.25, 0.3) is 0 Å². The lowest BCUT2D eigenvalue weighted by atomic mass is 10.0. The summed E-state index contributed by atoms with van der Waals surface area (Å²) < 4.78 is 23.7. The molecule has 17 heavy (non-hydrogen) atoms. The first-order chi connectivity index (χ1) is 8.04. The summed E-state index contributed by atoms with van der Waals surface area (Å²) >= 11 is 0. The summed E-state index contributed by atoms with van der Waals surface area (Å²) in [6, 6.07) is 8.15. The van der Waals surface area contributed by atoms with E-state index in [2.05, 4.69) is 24.4 Å². The van der Waals surface area contributed by atoms with E-state index in [-0.39, 0.29) is 17.0 Å². The second-order valence-electron chi connectivity index (χ2n) is 4.60. The lowest BCUT2D eigenvalue weighted by molar-refractivity contribution is 0.483. The van der Waals surface area contributed by atoms with Gasteiger partial charge in [0.1, 0.15) is 0 Å². The summed E-state index contributed by atoms with van der Waals surface area (Å²) in [4.78, 5) is 0. The van der Waals surface area contributed by atoms with Crippen molar-refractivity contribution in [1.82, 2.24) is 5.32 Å². The average Bonchev–Trinajstić information content (AvgIpc) is 2.33. The van der Waals surface area contributed by atoms with Crippen LogP contribution in [0.25, 0.3) is 0 Å². The molecule has 0 saturated carbocycles. The molecular formula is C13H19NO2S. The fourth-order valence-corrected chi connectivity index (χ4v) is 3.71. The molecule has 4 heteroatoms. The van der Waals surface area contributed by atoms with Gasteiger partial charge in [-0.05, 0) is 24.5 Å². The number of hydrogen-bond acceptors (Lipinski definition) is 3. The zero-order valence-corrected chi connectivity index (χ0v) is 11.1. The number of rotatable bonds is 2. The highest BCUT2D eigenvalue weighted by Gasteiger charge is 2.33.